The summed E-state index contributed by atoms with van der Waals surface area (Å²) in [5.41, 5.74) is 2.20. The Morgan fingerprint density at radius 2 is 2.06 bits per heavy atom. The normalized spacial score (nSPS) is 19.0. The van der Waals surface area contributed by atoms with E-state index in [1.54, 1.807) is 12.2 Å². The molecule has 17 heavy (non-hydrogen) atoms. The lowest BCUT2D eigenvalue weighted by Crippen LogP contribution is -2.21. The van der Waals surface area contributed by atoms with Gasteiger partial charge in [0, 0.05) is 25.4 Å². The Morgan fingerprint density at radius 3 is 2.71 bits per heavy atom. The fraction of sp³-hybridized carbons (Fsp3) is 0.214. The van der Waals surface area contributed by atoms with Crippen molar-refractivity contribution in [2.24, 2.45) is 5.92 Å². The molecule has 1 heterocycles. The zero-order valence-corrected chi connectivity index (χ0v) is 9.71. The predicted octanol–water partition coefficient (Wildman–Crippen LogP) is 2.27. The van der Waals surface area contributed by atoms with Crippen LogP contribution in [0.1, 0.15) is 5.56 Å². The summed E-state index contributed by atoms with van der Waals surface area (Å²) < 4.78 is 0. The Kier molecular flexibility index (Phi) is 3.28. The summed E-state index contributed by atoms with van der Waals surface area (Å²) in [6.07, 6.45) is 6.06. The molecule has 0 amide bonds. The third kappa shape index (κ3) is 2.75. The molecule has 3 heteroatoms. The molecule has 0 spiro atoms. The highest BCUT2D eigenvalue weighted by Crippen LogP contribution is 2.19. The third-order valence-corrected chi connectivity index (χ3v) is 2.86. The van der Waals surface area contributed by atoms with Gasteiger partial charge in [-0.15, -0.1) is 0 Å². The van der Waals surface area contributed by atoms with Crippen molar-refractivity contribution in [1.29, 1.82) is 0 Å². The van der Waals surface area contributed by atoms with E-state index in [-0.39, 0.29) is 0 Å². The van der Waals surface area contributed by atoms with E-state index in [2.05, 4.69) is 0 Å². The number of aliphatic carboxylic acids is 1. The van der Waals surface area contributed by atoms with Crippen LogP contribution in [0.2, 0.25) is 0 Å². The van der Waals surface area contributed by atoms with Gasteiger partial charge in [0.05, 0.1) is 5.92 Å². The van der Waals surface area contributed by atoms with Crippen LogP contribution in [0.3, 0.4) is 0 Å². The maximum absolute atomic E-state index is 10.9. The van der Waals surface area contributed by atoms with Gasteiger partial charge in [0.25, 0.3) is 0 Å². The highest BCUT2D eigenvalue weighted by atomic mass is 16.4. The molecule has 1 N–H and O–H groups in total. The molecular formula is C14H15NO2. The van der Waals surface area contributed by atoms with Crippen molar-refractivity contribution in [2.45, 2.75) is 6.42 Å². The first kappa shape index (κ1) is 11.5. The second-order valence-electron chi connectivity index (χ2n) is 4.14. The molecule has 1 unspecified atom stereocenters. The van der Waals surface area contributed by atoms with Gasteiger partial charge in [0.2, 0.25) is 0 Å². The Balaban J connectivity index is 2.17. The van der Waals surface area contributed by atoms with Gasteiger partial charge in [-0.25, -0.2) is 0 Å². The van der Waals surface area contributed by atoms with Crippen molar-refractivity contribution < 1.29 is 9.90 Å². The zero-order chi connectivity index (χ0) is 12.3. The number of allylic oxidation sites excluding steroid dienone is 1. The topological polar surface area (TPSA) is 40.5 Å². The first-order valence-corrected chi connectivity index (χ1v) is 5.55. The second kappa shape index (κ2) is 4.87. The minimum atomic E-state index is -0.806. The molecule has 88 valence electrons. The highest BCUT2D eigenvalue weighted by molar-refractivity contribution is 5.74. The summed E-state index contributed by atoms with van der Waals surface area (Å²) in [5.74, 6) is -1.31. The van der Waals surface area contributed by atoms with Crippen molar-refractivity contribution in [3.63, 3.8) is 0 Å². The summed E-state index contributed by atoms with van der Waals surface area (Å²) in [6.45, 7) is 0. The van der Waals surface area contributed by atoms with Crippen molar-refractivity contribution in [3.8, 4) is 0 Å². The van der Waals surface area contributed by atoms with Crippen LogP contribution in [-0.4, -0.2) is 23.0 Å². The van der Waals surface area contributed by atoms with Crippen LogP contribution in [0.25, 0.3) is 0 Å². The monoisotopic (exact) mass is 229 g/mol. The number of carboxylic acid groups (broad SMARTS) is 1. The Bertz CT molecular complexity index is 462. The number of carboxylic acids is 1. The van der Waals surface area contributed by atoms with Gasteiger partial charge < -0.3 is 10.0 Å². The average Bonchev–Trinajstić information content (AvgIpc) is 2.33. The van der Waals surface area contributed by atoms with Crippen LogP contribution in [0.15, 0.2) is 54.4 Å². The van der Waals surface area contributed by atoms with Gasteiger partial charge in [-0.05, 0) is 11.6 Å². The van der Waals surface area contributed by atoms with Crippen LogP contribution >= 0.6 is 0 Å². The zero-order valence-electron chi connectivity index (χ0n) is 9.71. The summed E-state index contributed by atoms with van der Waals surface area (Å²) >= 11 is 0. The molecule has 0 fully saturated rings. The van der Waals surface area contributed by atoms with Gasteiger partial charge in [0.1, 0.15) is 0 Å². The van der Waals surface area contributed by atoms with Crippen molar-refractivity contribution in [2.75, 3.05) is 7.05 Å². The summed E-state index contributed by atoms with van der Waals surface area (Å²) in [7, 11) is 1.93. The maximum atomic E-state index is 10.9. The van der Waals surface area contributed by atoms with E-state index < -0.39 is 11.9 Å². The smallest absolute Gasteiger partial charge is 0.314 e. The van der Waals surface area contributed by atoms with E-state index in [9.17, 15) is 4.79 Å². The maximum Gasteiger partial charge on any atom is 0.314 e. The first-order chi connectivity index (χ1) is 8.16. The number of hydrogen-bond acceptors (Lipinski definition) is 2. The van der Waals surface area contributed by atoms with E-state index in [0.717, 1.165) is 12.1 Å². The standard InChI is InChI=1S/C14H15NO2/c1-15-8-7-12(14(16)17)10-13(15)9-11-5-3-2-4-6-11/h2-8,10,12H,9H2,1H3,(H,16,17). The van der Waals surface area contributed by atoms with Gasteiger partial charge >= 0.3 is 5.97 Å². The van der Waals surface area contributed by atoms with E-state index in [4.69, 9.17) is 5.11 Å². The number of benzene rings is 1. The molecule has 0 radical (unpaired) electrons. The number of carbonyl (C=O) groups is 1. The minimum absolute atomic E-state index is 0.509. The van der Waals surface area contributed by atoms with Gasteiger partial charge in [0.15, 0.2) is 0 Å². The van der Waals surface area contributed by atoms with Crippen molar-refractivity contribution in [3.05, 3.63) is 59.9 Å². The van der Waals surface area contributed by atoms with Crippen LogP contribution in [0.4, 0.5) is 0 Å². The van der Waals surface area contributed by atoms with Gasteiger partial charge in [-0.2, -0.15) is 0 Å². The third-order valence-electron chi connectivity index (χ3n) is 2.86. The van der Waals surface area contributed by atoms with E-state index in [1.165, 1.54) is 5.56 Å². The Hall–Kier alpha value is -2.03. The summed E-state index contributed by atoms with van der Waals surface area (Å²) in [4.78, 5) is 12.9. The number of rotatable bonds is 3. The molecule has 3 nitrogen and oxygen atoms in total. The summed E-state index contributed by atoms with van der Waals surface area (Å²) in [6, 6.07) is 10.0. The predicted molar refractivity (Wildman–Crippen MR) is 66.3 cm³/mol. The molecule has 1 aromatic rings. The van der Waals surface area contributed by atoms with Crippen LogP contribution in [0.5, 0.6) is 0 Å². The number of likely N-dealkylation sites (N-methyl/N-ethyl adjacent to an activating group) is 1. The second-order valence-corrected chi connectivity index (χ2v) is 4.14. The molecule has 0 aromatic heterocycles. The highest BCUT2D eigenvalue weighted by Gasteiger charge is 2.17. The molecule has 1 aliphatic heterocycles. The lowest BCUT2D eigenvalue weighted by Gasteiger charge is -2.24. The van der Waals surface area contributed by atoms with E-state index >= 15 is 0 Å². The molecular weight excluding hydrogens is 214 g/mol. The SMILES string of the molecule is CN1C=CC(C(=O)O)C=C1Cc1ccccc1. The van der Waals surface area contributed by atoms with Crippen LogP contribution in [0, 0.1) is 5.92 Å². The molecule has 1 aromatic carbocycles. The summed E-state index contributed by atoms with van der Waals surface area (Å²) in [5, 5.41) is 8.99. The van der Waals surface area contributed by atoms with Gasteiger partial charge in [-0.3, -0.25) is 4.79 Å². The number of nitrogens with zero attached hydrogens (tertiary/aromatic N) is 1. The Morgan fingerprint density at radius 1 is 1.35 bits per heavy atom. The Labute approximate surface area is 101 Å². The van der Waals surface area contributed by atoms with Crippen molar-refractivity contribution in [1.82, 2.24) is 4.90 Å². The fourth-order valence-corrected chi connectivity index (χ4v) is 1.84. The van der Waals surface area contributed by atoms with Crippen LogP contribution < -0.4 is 0 Å². The van der Waals surface area contributed by atoms with Crippen LogP contribution in [-0.2, 0) is 11.2 Å². The number of hydrogen-bond donors (Lipinski definition) is 1. The first-order valence-electron chi connectivity index (χ1n) is 5.55. The molecule has 0 bridgehead atoms. The molecule has 0 aliphatic carbocycles. The lowest BCUT2D eigenvalue weighted by molar-refractivity contribution is -0.138. The fourth-order valence-electron chi connectivity index (χ4n) is 1.84. The molecule has 2 rings (SSSR count). The molecule has 0 saturated carbocycles. The van der Waals surface area contributed by atoms with E-state index in [1.807, 2.05) is 48.5 Å². The molecule has 0 saturated heterocycles. The molecule has 1 atom stereocenters. The average molecular weight is 229 g/mol. The van der Waals surface area contributed by atoms with Gasteiger partial charge in [-0.1, -0.05) is 36.4 Å². The quantitative estimate of drug-likeness (QED) is 0.864. The minimum Gasteiger partial charge on any atom is -0.481 e. The lowest BCUT2D eigenvalue weighted by atomic mass is 10.0. The molecule has 1 aliphatic rings. The van der Waals surface area contributed by atoms with E-state index in [0.29, 0.717) is 0 Å². The van der Waals surface area contributed by atoms with Crippen molar-refractivity contribution >= 4 is 5.97 Å². The largest absolute Gasteiger partial charge is 0.481 e.